The number of rotatable bonds is 5. The third kappa shape index (κ3) is 2.77. The van der Waals surface area contributed by atoms with Gasteiger partial charge in [-0.1, -0.05) is 30.3 Å². The van der Waals surface area contributed by atoms with E-state index in [0.29, 0.717) is 6.54 Å². The first-order valence-corrected chi connectivity index (χ1v) is 9.65. The molecular weight excluding hydrogens is 316 g/mol. The molecule has 2 atom stereocenters. The summed E-state index contributed by atoms with van der Waals surface area (Å²) in [6, 6.07) is 10.2. The Labute approximate surface area is 141 Å². The van der Waals surface area contributed by atoms with Crippen LogP contribution in [0.5, 0.6) is 0 Å². The van der Waals surface area contributed by atoms with Crippen LogP contribution in [-0.4, -0.2) is 70.3 Å². The second-order valence-corrected chi connectivity index (χ2v) is 7.93. The summed E-state index contributed by atoms with van der Waals surface area (Å²) < 4.78 is 0. The number of nitrogens with zero attached hydrogens (tertiary/aromatic N) is 2. The van der Waals surface area contributed by atoms with Crippen LogP contribution in [0.2, 0.25) is 0 Å². The lowest BCUT2D eigenvalue weighted by Crippen LogP contribution is -2.71. The van der Waals surface area contributed by atoms with Gasteiger partial charge in [0.2, 0.25) is 0 Å². The first-order valence-electron chi connectivity index (χ1n) is 7.20. The highest BCUT2D eigenvalue weighted by Gasteiger charge is 2.55. The molecule has 1 heterocycles. The minimum atomic E-state index is -0.870. The number of carbonyl (C=O) groups excluding carboxylic acids is 1. The van der Waals surface area contributed by atoms with Crippen LogP contribution in [0, 0.1) is 0 Å². The first kappa shape index (κ1) is 17.7. The van der Waals surface area contributed by atoms with E-state index in [9.17, 15) is 9.90 Å². The van der Waals surface area contributed by atoms with Gasteiger partial charge in [-0.3, -0.25) is 9.69 Å². The van der Waals surface area contributed by atoms with Gasteiger partial charge in [-0.25, -0.2) is 0 Å². The third-order valence-electron chi connectivity index (χ3n) is 4.61. The Kier molecular flexibility index (Phi) is 5.48. The molecule has 4 nitrogen and oxygen atoms in total. The number of hydrogen-bond donors (Lipinski definition) is 1. The van der Waals surface area contributed by atoms with Crippen molar-refractivity contribution in [1.29, 1.82) is 0 Å². The molecule has 1 amide bonds. The highest BCUT2D eigenvalue weighted by molar-refractivity contribution is 8.01. The molecule has 0 aliphatic carbocycles. The van der Waals surface area contributed by atoms with E-state index in [1.807, 2.05) is 54.6 Å². The minimum Gasteiger partial charge on any atom is -0.393 e. The minimum absolute atomic E-state index is 0.0264. The van der Waals surface area contributed by atoms with Gasteiger partial charge in [0.15, 0.2) is 4.87 Å². The molecule has 6 heteroatoms. The van der Waals surface area contributed by atoms with Crippen molar-refractivity contribution in [2.75, 3.05) is 39.8 Å². The molecule has 1 saturated heterocycles. The fraction of sp³-hybridized carbons (Fsp3) is 0.562. The smallest absolute Gasteiger partial charge is 0.256 e. The number of benzene rings is 1. The van der Waals surface area contributed by atoms with E-state index in [0.717, 1.165) is 6.42 Å². The molecule has 2 rings (SSSR count). The molecule has 1 fully saturated rings. The predicted octanol–water partition coefficient (Wildman–Crippen LogP) is 1.74. The number of hydrogen-bond acceptors (Lipinski definition) is 5. The van der Waals surface area contributed by atoms with Crippen molar-refractivity contribution in [1.82, 2.24) is 9.80 Å². The van der Waals surface area contributed by atoms with Gasteiger partial charge < -0.3 is 10.0 Å². The van der Waals surface area contributed by atoms with Crippen molar-refractivity contribution in [3.05, 3.63) is 35.9 Å². The maximum absolute atomic E-state index is 13.0. The zero-order valence-electron chi connectivity index (χ0n) is 13.6. The van der Waals surface area contributed by atoms with Crippen molar-refractivity contribution in [3.63, 3.8) is 0 Å². The van der Waals surface area contributed by atoms with E-state index in [-0.39, 0.29) is 17.4 Å². The van der Waals surface area contributed by atoms with Gasteiger partial charge in [-0.2, -0.15) is 0 Å². The Balaban J connectivity index is 2.36. The Morgan fingerprint density at radius 2 is 1.82 bits per heavy atom. The van der Waals surface area contributed by atoms with E-state index in [1.165, 1.54) is 17.3 Å². The van der Waals surface area contributed by atoms with Crippen LogP contribution in [0.1, 0.15) is 5.56 Å². The third-order valence-corrected chi connectivity index (χ3v) is 7.20. The number of likely N-dealkylation sites (N-methyl/N-ethyl adjacent to an activating group) is 2. The van der Waals surface area contributed by atoms with Crippen LogP contribution in [0.25, 0.3) is 0 Å². The molecule has 1 aromatic rings. The summed E-state index contributed by atoms with van der Waals surface area (Å²) in [4.78, 5) is 15.6. The molecule has 0 radical (unpaired) electrons. The van der Waals surface area contributed by atoms with Gasteiger partial charge in [-0.15, -0.1) is 23.5 Å². The lowest BCUT2D eigenvalue weighted by atomic mass is 9.99. The van der Waals surface area contributed by atoms with Gasteiger partial charge in [-0.05, 0) is 25.1 Å². The first-order chi connectivity index (χ1) is 10.5. The summed E-state index contributed by atoms with van der Waals surface area (Å²) in [5.74, 6) is -0.0264. The zero-order chi connectivity index (χ0) is 16.4. The topological polar surface area (TPSA) is 43.8 Å². The van der Waals surface area contributed by atoms with E-state index in [1.54, 1.807) is 11.8 Å². The standard InChI is InChI=1S/C16H24N2O2S2/c1-17-11-15(21-3,10-13-8-6-5-7-9-13)18(2)14(20)16(17,12-19)22-4/h5-9,19H,10-12H2,1-4H3. The van der Waals surface area contributed by atoms with Gasteiger partial charge in [0, 0.05) is 20.0 Å². The van der Waals surface area contributed by atoms with Crippen LogP contribution < -0.4 is 0 Å². The van der Waals surface area contributed by atoms with Gasteiger partial charge in [0.05, 0.1) is 6.61 Å². The maximum Gasteiger partial charge on any atom is 0.256 e. The molecule has 2 unspecified atom stereocenters. The summed E-state index contributed by atoms with van der Waals surface area (Å²) in [5.41, 5.74) is 1.21. The van der Waals surface area contributed by atoms with E-state index in [4.69, 9.17) is 0 Å². The van der Waals surface area contributed by atoms with Crippen LogP contribution in [0.3, 0.4) is 0 Å². The molecule has 22 heavy (non-hydrogen) atoms. The quantitative estimate of drug-likeness (QED) is 0.885. The van der Waals surface area contributed by atoms with Gasteiger partial charge in [0.25, 0.3) is 5.91 Å². The van der Waals surface area contributed by atoms with Crippen molar-refractivity contribution < 1.29 is 9.90 Å². The monoisotopic (exact) mass is 340 g/mol. The number of amides is 1. The molecule has 1 aliphatic rings. The fourth-order valence-electron chi connectivity index (χ4n) is 3.07. The molecule has 0 spiro atoms. The number of piperazine rings is 1. The highest BCUT2D eigenvalue weighted by Crippen LogP contribution is 2.42. The lowest BCUT2D eigenvalue weighted by Gasteiger charge is -2.54. The average Bonchev–Trinajstić information content (AvgIpc) is 2.55. The van der Waals surface area contributed by atoms with E-state index < -0.39 is 4.87 Å². The number of thioether (sulfide) groups is 2. The van der Waals surface area contributed by atoms with Gasteiger partial charge in [0.1, 0.15) is 4.87 Å². The van der Waals surface area contributed by atoms with Crippen molar-refractivity contribution in [2.24, 2.45) is 0 Å². The molecule has 1 aliphatic heterocycles. The van der Waals surface area contributed by atoms with Crippen LogP contribution in [-0.2, 0) is 11.2 Å². The average molecular weight is 341 g/mol. The Hall–Kier alpha value is -0.690. The molecular formula is C16H24N2O2S2. The summed E-state index contributed by atoms with van der Waals surface area (Å²) in [6.45, 7) is 0.538. The molecule has 0 aromatic heterocycles. The van der Waals surface area contributed by atoms with Gasteiger partial charge >= 0.3 is 0 Å². The number of aliphatic hydroxyl groups excluding tert-OH is 1. The molecule has 0 bridgehead atoms. The van der Waals surface area contributed by atoms with E-state index in [2.05, 4.69) is 12.1 Å². The Morgan fingerprint density at radius 3 is 2.32 bits per heavy atom. The van der Waals surface area contributed by atoms with Crippen molar-refractivity contribution >= 4 is 29.4 Å². The summed E-state index contributed by atoms with van der Waals surface area (Å²) in [7, 11) is 3.78. The van der Waals surface area contributed by atoms with Crippen LogP contribution >= 0.6 is 23.5 Å². The summed E-state index contributed by atoms with van der Waals surface area (Å²) in [6.07, 6.45) is 4.71. The number of aliphatic hydroxyl groups is 1. The Morgan fingerprint density at radius 1 is 1.18 bits per heavy atom. The number of carbonyl (C=O) groups is 1. The van der Waals surface area contributed by atoms with Crippen LogP contribution in [0.15, 0.2) is 30.3 Å². The van der Waals surface area contributed by atoms with Crippen molar-refractivity contribution in [3.8, 4) is 0 Å². The highest BCUT2D eigenvalue weighted by atomic mass is 32.2. The molecule has 1 aromatic carbocycles. The predicted molar refractivity (Wildman–Crippen MR) is 95.1 cm³/mol. The summed E-state index contributed by atoms with van der Waals surface area (Å²) in [5, 5.41) is 9.82. The van der Waals surface area contributed by atoms with E-state index >= 15 is 0 Å². The Bertz CT molecular complexity index is 522. The largest absolute Gasteiger partial charge is 0.393 e. The summed E-state index contributed by atoms with van der Waals surface area (Å²) >= 11 is 3.10. The zero-order valence-corrected chi connectivity index (χ0v) is 15.2. The maximum atomic E-state index is 13.0. The van der Waals surface area contributed by atoms with Crippen LogP contribution in [0.4, 0.5) is 0 Å². The second kappa shape index (κ2) is 6.83. The SMILES string of the molecule is CSC1(Cc2ccccc2)CN(C)C(CO)(SC)C(=O)N1C. The normalized spacial score (nSPS) is 29.9. The van der Waals surface area contributed by atoms with Crippen molar-refractivity contribution in [2.45, 2.75) is 16.2 Å². The fourth-order valence-corrected chi connectivity index (χ4v) is 4.88. The molecule has 1 N–H and O–H groups in total. The molecule has 0 saturated carbocycles. The lowest BCUT2D eigenvalue weighted by molar-refractivity contribution is -0.149. The second-order valence-electron chi connectivity index (χ2n) is 5.68. The molecule has 122 valence electrons.